The second kappa shape index (κ2) is 8.61. The molecule has 1 atom stereocenters. The second-order valence-corrected chi connectivity index (χ2v) is 7.23. The van der Waals surface area contributed by atoms with Crippen molar-refractivity contribution in [1.82, 2.24) is 10.2 Å². The maximum atomic E-state index is 13.3. The number of hydrogen-bond acceptors (Lipinski definition) is 6. The number of anilines is 1. The Morgan fingerprint density at radius 2 is 1.94 bits per heavy atom. The number of rotatable bonds is 7. The predicted octanol–water partition coefficient (Wildman–Crippen LogP) is 2.85. The van der Waals surface area contributed by atoms with Crippen LogP contribution in [0, 0.1) is 22.9 Å². The lowest BCUT2D eigenvalue weighted by molar-refractivity contribution is -0.385. The molecule has 0 bridgehead atoms. The standard InChI is InChI=1S/C21H21FN4O6/c1-4-21(13-5-7-14(22)8-6-13)19(28)25(20(29)24-21)11-18(27)23-15-10-17(32-3)16(26(30)31)9-12(15)2/h5-10H,4,11H2,1-3H3,(H,23,27)(H,24,29). The highest BCUT2D eigenvalue weighted by molar-refractivity contribution is 6.10. The van der Waals surface area contributed by atoms with Crippen molar-refractivity contribution in [3.05, 3.63) is 63.5 Å². The fraction of sp³-hybridized carbons (Fsp3) is 0.286. The molecule has 4 amide bonds. The molecule has 11 heteroatoms. The first-order valence-corrected chi connectivity index (χ1v) is 9.66. The number of imide groups is 1. The second-order valence-electron chi connectivity index (χ2n) is 7.23. The highest BCUT2D eigenvalue weighted by Gasteiger charge is 2.51. The third kappa shape index (κ3) is 3.96. The number of nitro groups is 1. The van der Waals surface area contributed by atoms with Gasteiger partial charge in [0.2, 0.25) is 5.91 Å². The minimum absolute atomic E-state index is 0.0489. The number of hydrogen-bond donors (Lipinski definition) is 2. The van der Waals surface area contributed by atoms with Crippen LogP contribution in [0.3, 0.4) is 0 Å². The molecule has 2 aromatic carbocycles. The highest BCUT2D eigenvalue weighted by atomic mass is 19.1. The van der Waals surface area contributed by atoms with Crippen molar-refractivity contribution in [3.8, 4) is 5.75 Å². The van der Waals surface area contributed by atoms with Gasteiger partial charge in [0.15, 0.2) is 5.75 Å². The molecule has 3 rings (SSSR count). The molecule has 1 aliphatic heterocycles. The summed E-state index contributed by atoms with van der Waals surface area (Å²) in [5, 5.41) is 16.3. The van der Waals surface area contributed by atoms with Crippen LogP contribution in [-0.4, -0.2) is 41.3 Å². The van der Waals surface area contributed by atoms with Gasteiger partial charge in [-0.3, -0.25) is 24.6 Å². The van der Waals surface area contributed by atoms with Crippen LogP contribution in [0.15, 0.2) is 36.4 Å². The average Bonchev–Trinajstić information content (AvgIpc) is 3.00. The number of aryl methyl sites for hydroxylation is 1. The van der Waals surface area contributed by atoms with Crippen LogP contribution >= 0.6 is 0 Å². The Kier molecular flexibility index (Phi) is 6.10. The van der Waals surface area contributed by atoms with E-state index in [1.165, 1.54) is 43.5 Å². The third-order valence-corrected chi connectivity index (χ3v) is 5.34. The molecule has 1 heterocycles. The molecule has 2 aromatic rings. The summed E-state index contributed by atoms with van der Waals surface area (Å²) >= 11 is 0. The number of amides is 4. The number of halogens is 1. The first-order valence-electron chi connectivity index (χ1n) is 9.66. The first kappa shape index (κ1) is 22.7. The van der Waals surface area contributed by atoms with Crippen LogP contribution in [0.5, 0.6) is 5.75 Å². The molecule has 0 aliphatic carbocycles. The van der Waals surface area contributed by atoms with E-state index in [1.54, 1.807) is 13.8 Å². The smallest absolute Gasteiger partial charge is 0.325 e. The number of methoxy groups -OCH3 is 1. The Bertz CT molecular complexity index is 1100. The monoisotopic (exact) mass is 444 g/mol. The molecule has 32 heavy (non-hydrogen) atoms. The number of nitrogens with zero attached hydrogens (tertiary/aromatic N) is 2. The van der Waals surface area contributed by atoms with Crippen molar-refractivity contribution in [2.45, 2.75) is 25.8 Å². The highest BCUT2D eigenvalue weighted by Crippen LogP contribution is 2.34. The lowest BCUT2D eigenvalue weighted by Gasteiger charge is -2.25. The predicted molar refractivity (Wildman–Crippen MR) is 112 cm³/mol. The summed E-state index contributed by atoms with van der Waals surface area (Å²) in [6, 6.07) is 6.98. The fourth-order valence-electron chi connectivity index (χ4n) is 3.59. The Morgan fingerprint density at radius 1 is 1.28 bits per heavy atom. The van der Waals surface area contributed by atoms with Crippen molar-refractivity contribution < 1.29 is 28.4 Å². The van der Waals surface area contributed by atoms with Crippen molar-refractivity contribution in [2.75, 3.05) is 19.0 Å². The van der Waals surface area contributed by atoms with Gasteiger partial charge in [0.25, 0.3) is 5.91 Å². The summed E-state index contributed by atoms with van der Waals surface area (Å²) in [5.41, 5.74) is -0.623. The van der Waals surface area contributed by atoms with Gasteiger partial charge in [0.05, 0.1) is 12.0 Å². The molecule has 1 aliphatic rings. The van der Waals surface area contributed by atoms with Crippen molar-refractivity contribution in [1.29, 1.82) is 0 Å². The average molecular weight is 444 g/mol. The van der Waals surface area contributed by atoms with Gasteiger partial charge in [0, 0.05) is 17.8 Å². The van der Waals surface area contributed by atoms with E-state index in [9.17, 15) is 28.9 Å². The molecule has 0 radical (unpaired) electrons. The van der Waals surface area contributed by atoms with Gasteiger partial charge in [-0.25, -0.2) is 9.18 Å². The molecule has 0 aromatic heterocycles. The lowest BCUT2D eigenvalue weighted by Crippen LogP contribution is -2.44. The van der Waals surface area contributed by atoms with Crippen LogP contribution in [-0.2, 0) is 15.1 Å². The van der Waals surface area contributed by atoms with E-state index in [0.29, 0.717) is 11.1 Å². The van der Waals surface area contributed by atoms with E-state index >= 15 is 0 Å². The summed E-state index contributed by atoms with van der Waals surface area (Å²) in [7, 11) is 1.26. The Balaban J connectivity index is 1.81. The number of urea groups is 1. The van der Waals surface area contributed by atoms with Gasteiger partial charge in [-0.1, -0.05) is 19.1 Å². The van der Waals surface area contributed by atoms with E-state index in [2.05, 4.69) is 10.6 Å². The van der Waals surface area contributed by atoms with Crippen LogP contribution in [0.25, 0.3) is 0 Å². The van der Waals surface area contributed by atoms with Gasteiger partial charge in [0.1, 0.15) is 17.9 Å². The van der Waals surface area contributed by atoms with E-state index in [4.69, 9.17) is 4.74 Å². The minimum atomic E-state index is -1.41. The molecular formula is C21H21FN4O6. The molecule has 10 nitrogen and oxygen atoms in total. The third-order valence-electron chi connectivity index (χ3n) is 5.34. The largest absolute Gasteiger partial charge is 0.490 e. The van der Waals surface area contributed by atoms with Crippen molar-refractivity contribution in [3.63, 3.8) is 0 Å². The number of benzene rings is 2. The van der Waals surface area contributed by atoms with E-state index in [0.717, 1.165) is 4.90 Å². The quantitative estimate of drug-likeness (QED) is 0.384. The zero-order valence-corrected chi connectivity index (χ0v) is 17.6. The van der Waals surface area contributed by atoms with Crippen LogP contribution in [0.2, 0.25) is 0 Å². The van der Waals surface area contributed by atoms with Gasteiger partial charge in [-0.15, -0.1) is 0 Å². The zero-order chi connectivity index (χ0) is 23.6. The maximum Gasteiger partial charge on any atom is 0.325 e. The Labute approximate surface area is 182 Å². The molecule has 1 unspecified atom stereocenters. The topological polar surface area (TPSA) is 131 Å². The SMILES string of the molecule is CCC1(c2ccc(F)cc2)NC(=O)N(CC(=O)Nc2cc(OC)c([N+](=O)[O-])cc2C)C1=O. The molecule has 168 valence electrons. The van der Waals surface area contributed by atoms with Gasteiger partial charge in [-0.05, 0) is 36.6 Å². The zero-order valence-electron chi connectivity index (χ0n) is 17.6. The van der Waals surface area contributed by atoms with Crippen LogP contribution in [0.1, 0.15) is 24.5 Å². The van der Waals surface area contributed by atoms with Gasteiger partial charge < -0.3 is 15.4 Å². The van der Waals surface area contributed by atoms with Crippen molar-refractivity contribution >= 4 is 29.2 Å². The summed E-state index contributed by atoms with van der Waals surface area (Å²) in [4.78, 5) is 49.5. The van der Waals surface area contributed by atoms with Crippen molar-refractivity contribution in [2.24, 2.45) is 0 Å². The maximum absolute atomic E-state index is 13.3. The molecule has 1 saturated heterocycles. The van der Waals surface area contributed by atoms with E-state index in [-0.39, 0.29) is 23.5 Å². The number of carbonyl (C=O) groups is 3. The number of ether oxygens (including phenoxy) is 1. The normalized spacial score (nSPS) is 17.8. The Hall–Kier alpha value is -4.02. The first-order chi connectivity index (χ1) is 15.1. The van der Waals surface area contributed by atoms with Crippen LogP contribution in [0.4, 0.5) is 20.6 Å². The minimum Gasteiger partial charge on any atom is -0.490 e. The number of carbonyl (C=O) groups excluding carboxylic acids is 3. The van der Waals surface area contributed by atoms with Crippen LogP contribution < -0.4 is 15.4 Å². The molecule has 2 N–H and O–H groups in total. The van der Waals surface area contributed by atoms with E-state index < -0.39 is 40.7 Å². The number of nitro benzene ring substituents is 1. The van der Waals surface area contributed by atoms with Gasteiger partial charge >= 0.3 is 11.7 Å². The summed E-state index contributed by atoms with van der Waals surface area (Å²) in [5.74, 6) is -1.85. The Morgan fingerprint density at radius 3 is 2.50 bits per heavy atom. The molecule has 1 fully saturated rings. The van der Waals surface area contributed by atoms with E-state index in [1.807, 2.05) is 0 Å². The fourth-order valence-corrected chi connectivity index (χ4v) is 3.59. The van der Waals surface area contributed by atoms with Gasteiger partial charge in [-0.2, -0.15) is 0 Å². The summed E-state index contributed by atoms with van der Waals surface area (Å²) in [6.45, 7) is 2.68. The lowest BCUT2D eigenvalue weighted by atomic mass is 9.87. The molecular weight excluding hydrogens is 423 g/mol. The summed E-state index contributed by atoms with van der Waals surface area (Å²) in [6.07, 6.45) is 0.194. The number of nitrogens with one attached hydrogen (secondary N) is 2. The molecule has 0 spiro atoms. The summed E-state index contributed by atoms with van der Waals surface area (Å²) < 4.78 is 18.3. The molecule has 0 saturated carbocycles.